The lowest BCUT2D eigenvalue weighted by Crippen LogP contribution is -2.20. The first-order valence-electron chi connectivity index (χ1n) is 5.57. The molecule has 0 aliphatic rings. The van der Waals surface area contributed by atoms with Crippen LogP contribution >= 0.6 is 0 Å². The number of aryl methyl sites for hydroxylation is 1. The Hall–Kier alpha value is -0.860. The van der Waals surface area contributed by atoms with Crippen LogP contribution in [0.4, 0.5) is 0 Å². The molecule has 1 aromatic rings. The lowest BCUT2D eigenvalue weighted by molar-refractivity contribution is 0.0539. The second-order valence-electron chi connectivity index (χ2n) is 4.07. The molecule has 0 saturated carbocycles. The number of ether oxygens (including phenoxy) is 1. The van der Waals surface area contributed by atoms with Gasteiger partial charge >= 0.3 is 0 Å². The van der Waals surface area contributed by atoms with Crippen molar-refractivity contribution in [2.75, 3.05) is 6.61 Å². The fourth-order valence-corrected chi connectivity index (χ4v) is 1.30. The molecule has 2 nitrogen and oxygen atoms in total. The predicted molar refractivity (Wildman–Crippen MR) is 63.8 cm³/mol. The summed E-state index contributed by atoms with van der Waals surface area (Å²) in [5.41, 5.74) is 8.42. The van der Waals surface area contributed by atoms with E-state index in [1.807, 2.05) is 0 Å². The molecule has 0 spiro atoms. The standard InChI is InChI=1S/C13H21NO/c1-4-11(3)15-9-13(14)12-7-5-10(2)6-8-12/h5-8,11,13H,4,9,14H2,1-3H3. The van der Waals surface area contributed by atoms with Crippen LogP contribution in [-0.4, -0.2) is 12.7 Å². The molecule has 1 rings (SSSR count). The van der Waals surface area contributed by atoms with Crippen LogP contribution in [0.15, 0.2) is 24.3 Å². The van der Waals surface area contributed by atoms with E-state index in [1.165, 1.54) is 5.56 Å². The average Bonchev–Trinajstić information content (AvgIpc) is 2.26. The third kappa shape index (κ3) is 4.02. The molecule has 0 aromatic heterocycles. The minimum Gasteiger partial charge on any atom is -0.377 e. The molecule has 2 N–H and O–H groups in total. The summed E-state index contributed by atoms with van der Waals surface area (Å²) in [5, 5.41) is 0. The number of nitrogens with two attached hydrogens (primary N) is 1. The largest absolute Gasteiger partial charge is 0.377 e. The van der Waals surface area contributed by atoms with E-state index >= 15 is 0 Å². The van der Waals surface area contributed by atoms with Gasteiger partial charge in [-0.1, -0.05) is 36.8 Å². The van der Waals surface area contributed by atoms with Gasteiger partial charge in [-0.3, -0.25) is 0 Å². The molecule has 0 amide bonds. The molecular formula is C13H21NO. The van der Waals surface area contributed by atoms with Crippen molar-refractivity contribution in [3.8, 4) is 0 Å². The number of hydrogen-bond donors (Lipinski definition) is 1. The zero-order chi connectivity index (χ0) is 11.3. The molecular weight excluding hydrogens is 186 g/mol. The Morgan fingerprint density at radius 1 is 1.27 bits per heavy atom. The van der Waals surface area contributed by atoms with Gasteiger partial charge in [0.2, 0.25) is 0 Å². The molecule has 2 atom stereocenters. The quantitative estimate of drug-likeness (QED) is 0.805. The summed E-state index contributed by atoms with van der Waals surface area (Å²) < 4.78 is 5.61. The fraction of sp³-hybridized carbons (Fsp3) is 0.538. The minimum atomic E-state index is -0.0143. The third-order valence-corrected chi connectivity index (χ3v) is 2.64. The number of rotatable bonds is 5. The third-order valence-electron chi connectivity index (χ3n) is 2.64. The van der Waals surface area contributed by atoms with Crippen LogP contribution in [-0.2, 0) is 4.74 Å². The summed E-state index contributed by atoms with van der Waals surface area (Å²) in [7, 11) is 0. The van der Waals surface area contributed by atoms with Crippen LogP contribution in [0.25, 0.3) is 0 Å². The fourth-order valence-electron chi connectivity index (χ4n) is 1.30. The van der Waals surface area contributed by atoms with Crippen molar-refractivity contribution in [1.82, 2.24) is 0 Å². The van der Waals surface area contributed by atoms with Crippen LogP contribution < -0.4 is 5.73 Å². The molecule has 15 heavy (non-hydrogen) atoms. The van der Waals surface area contributed by atoms with Gasteiger partial charge in [-0.2, -0.15) is 0 Å². The summed E-state index contributed by atoms with van der Waals surface area (Å²) in [4.78, 5) is 0. The first-order valence-corrected chi connectivity index (χ1v) is 5.57. The van der Waals surface area contributed by atoms with Gasteiger partial charge in [-0.15, -0.1) is 0 Å². The van der Waals surface area contributed by atoms with Crippen LogP contribution in [0, 0.1) is 6.92 Å². The maximum absolute atomic E-state index is 6.02. The first-order chi connectivity index (χ1) is 7.13. The molecule has 2 unspecified atom stereocenters. The van der Waals surface area contributed by atoms with E-state index in [-0.39, 0.29) is 6.04 Å². The lowest BCUT2D eigenvalue weighted by atomic mass is 10.1. The molecule has 1 aromatic carbocycles. The predicted octanol–water partition coefficient (Wildman–Crippen LogP) is 2.81. The van der Waals surface area contributed by atoms with Crippen LogP contribution in [0.5, 0.6) is 0 Å². The SMILES string of the molecule is CCC(C)OCC(N)c1ccc(C)cc1. The van der Waals surface area contributed by atoms with Crippen LogP contribution in [0.2, 0.25) is 0 Å². The van der Waals surface area contributed by atoms with Crippen molar-refractivity contribution < 1.29 is 4.74 Å². The summed E-state index contributed by atoms with van der Waals surface area (Å²) in [6.07, 6.45) is 1.32. The monoisotopic (exact) mass is 207 g/mol. The van der Waals surface area contributed by atoms with Crippen molar-refractivity contribution in [1.29, 1.82) is 0 Å². The lowest BCUT2D eigenvalue weighted by Gasteiger charge is -2.16. The van der Waals surface area contributed by atoms with Gasteiger partial charge in [0, 0.05) is 0 Å². The van der Waals surface area contributed by atoms with E-state index in [0.717, 1.165) is 12.0 Å². The normalized spacial score (nSPS) is 14.9. The van der Waals surface area contributed by atoms with Gasteiger partial charge in [-0.25, -0.2) is 0 Å². The van der Waals surface area contributed by atoms with E-state index < -0.39 is 0 Å². The van der Waals surface area contributed by atoms with Crippen molar-refractivity contribution in [2.24, 2.45) is 5.73 Å². The van der Waals surface area contributed by atoms with Gasteiger partial charge in [0.1, 0.15) is 0 Å². The summed E-state index contributed by atoms with van der Waals surface area (Å²) >= 11 is 0. The Bertz CT molecular complexity index is 281. The van der Waals surface area contributed by atoms with Crippen molar-refractivity contribution in [3.05, 3.63) is 35.4 Å². The van der Waals surface area contributed by atoms with E-state index in [0.29, 0.717) is 12.7 Å². The highest BCUT2D eigenvalue weighted by Crippen LogP contribution is 2.12. The Kier molecular flexibility index (Phi) is 4.79. The van der Waals surface area contributed by atoms with Gasteiger partial charge in [0.15, 0.2) is 0 Å². The minimum absolute atomic E-state index is 0.0143. The smallest absolute Gasteiger partial charge is 0.0662 e. The number of benzene rings is 1. The highest BCUT2D eigenvalue weighted by atomic mass is 16.5. The zero-order valence-electron chi connectivity index (χ0n) is 9.86. The van der Waals surface area contributed by atoms with Gasteiger partial charge in [-0.05, 0) is 25.8 Å². The van der Waals surface area contributed by atoms with Crippen molar-refractivity contribution in [2.45, 2.75) is 39.3 Å². The van der Waals surface area contributed by atoms with E-state index in [4.69, 9.17) is 10.5 Å². The van der Waals surface area contributed by atoms with Crippen molar-refractivity contribution >= 4 is 0 Å². The molecule has 0 heterocycles. The first kappa shape index (κ1) is 12.2. The van der Waals surface area contributed by atoms with Crippen LogP contribution in [0.1, 0.15) is 37.4 Å². The van der Waals surface area contributed by atoms with Crippen LogP contribution in [0.3, 0.4) is 0 Å². The second-order valence-corrected chi connectivity index (χ2v) is 4.07. The molecule has 0 radical (unpaired) electrons. The molecule has 2 heteroatoms. The summed E-state index contributed by atoms with van der Waals surface area (Å²) in [6.45, 7) is 6.85. The Morgan fingerprint density at radius 2 is 1.87 bits per heavy atom. The van der Waals surface area contributed by atoms with E-state index in [2.05, 4.69) is 45.0 Å². The highest BCUT2D eigenvalue weighted by molar-refractivity contribution is 5.23. The highest BCUT2D eigenvalue weighted by Gasteiger charge is 2.07. The maximum Gasteiger partial charge on any atom is 0.0662 e. The molecule has 0 fully saturated rings. The van der Waals surface area contributed by atoms with E-state index in [9.17, 15) is 0 Å². The molecule has 84 valence electrons. The molecule has 0 saturated heterocycles. The molecule has 0 bridgehead atoms. The topological polar surface area (TPSA) is 35.2 Å². The molecule has 0 aliphatic carbocycles. The number of hydrogen-bond acceptors (Lipinski definition) is 2. The average molecular weight is 207 g/mol. The summed E-state index contributed by atoms with van der Waals surface area (Å²) in [5.74, 6) is 0. The Labute approximate surface area is 92.4 Å². The maximum atomic E-state index is 6.02. The Balaban J connectivity index is 2.46. The van der Waals surface area contributed by atoms with E-state index in [1.54, 1.807) is 0 Å². The summed E-state index contributed by atoms with van der Waals surface area (Å²) in [6, 6.07) is 8.29. The molecule has 0 aliphatic heterocycles. The Morgan fingerprint density at radius 3 is 2.40 bits per heavy atom. The zero-order valence-corrected chi connectivity index (χ0v) is 9.86. The van der Waals surface area contributed by atoms with Gasteiger partial charge in [0.05, 0.1) is 18.8 Å². The second kappa shape index (κ2) is 5.89. The van der Waals surface area contributed by atoms with Crippen molar-refractivity contribution in [3.63, 3.8) is 0 Å². The van der Waals surface area contributed by atoms with Gasteiger partial charge < -0.3 is 10.5 Å². The van der Waals surface area contributed by atoms with Gasteiger partial charge in [0.25, 0.3) is 0 Å².